The molecule has 0 fully saturated rings. The molecule has 3 heteroatoms. The van der Waals surface area contributed by atoms with Crippen LogP contribution in [0.15, 0.2) is 24.3 Å². The van der Waals surface area contributed by atoms with Gasteiger partial charge < -0.3 is 15.7 Å². The largest absolute Gasteiger partial charge is 0.392 e. The average molecular weight is 264 g/mol. The lowest BCUT2D eigenvalue weighted by atomic mass is 10.0. The first-order valence-corrected chi connectivity index (χ1v) is 7.25. The third-order valence-electron chi connectivity index (χ3n) is 3.21. The van der Waals surface area contributed by atoms with Gasteiger partial charge in [-0.3, -0.25) is 0 Å². The van der Waals surface area contributed by atoms with Gasteiger partial charge in [0.2, 0.25) is 0 Å². The topological polar surface area (TPSA) is 44.3 Å². The van der Waals surface area contributed by atoms with E-state index in [9.17, 15) is 5.11 Å². The van der Waals surface area contributed by atoms with Crippen molar-refractivity contribution in [2.45, 2.75) is 45.3 Å². The maximum Gasteiger partial charge on any atom is 0.0667 e. The van der Waals surface area contributed by atoms with Crippen LogP contribution in [0.3, 0.4) is 0 Å². The Hall–Kier alpha value is -0.900. The molecule has 0 bridgehead atoms. The molecule has 3 N–H and O–H groups in total. The van der Waals surface area contributed by atoms with Crippen LogP contribution in [0, 0.1) is 0 Å². The molecule has 0 heterocycles. The smallest absolute Gasteiger partial charge is 0.0667 e. The maximum absolute atomic E-state index is 9.86. The Bertz CT molecular complexity index is 335. The number of aryl methyl sites for hydroxylation is 1. The maximum atomic E-state index is 9.86. The molecule has 0 aliphatic carbocycles. The van der Waals surface area contributed by atoms with E-state index in [1.165, 1.54) is 11.1 Å². The van der Waals surface area contributed by atoms with Crippen molar-refractivity contribution in [3.05, 3.63) is 35.4 Å². The molecule has 0 amide bonds. The van der Waals surface area contributed by atoms with Crippen LogP contribution in [-0.2, 0) is 12.8 Å². The van der Waals surface area contributed by atoms with E-state index >= 15 is 0 Å². The van der Waals surface area contributed by atoms with Crippen LogP contribution in [0.4, 0.5) is 0 Å². The molecule has 1 aromatic carbocycles. The Morgan fingerprint density at radius 1 is 1.05 bits per heavy atom. The Morgan fingerprint density at radius 3 is 2.16 bits per heavy atom. The van der Waals surface area contributed by atoms with E-state index in [4.69, 9.17) is 0 Å². The van der Waals surface area contributed by atoms with Crippen molar-refractivity contribution in [2.24, 2.45) is 0 Å². The van der Waals surface area contributed by atoms with Gasteiger partial charge in [0.1, 0.15) is 0 Å². The average Bonchev–Trinajstić information content (AvgIpc) is 2.41. The van der Waals surface area contributed by atoms with E-state index in [1.54, 1.807) is 0 Å². The molecule has 0 spiro atoms. The summed E-state index contributed by atoms with van der Waals surface area (Å²) < 4.78 is 0. The van der Waals surface area contributed by atoms with Gasteiger partial charge in [0.25, 0.3) is 0 Å². The van der Waals surface area contributed by atoms with Gasteiger partial charge in [0.15, 0.2) is 0 Å². The summed E-state index contributed by atoms with van der Waals surface area (Å²) in [6.07, 6.45) is 2.56. The van der Waals surface area contributed by atoms with Crippen LogP contribution in [0.25, 0.3) is 0 Å². The van der Waals surface area contributed by atoms with Crippen LogP contribution < -0.4 is 10.6 Å². The van der Waals surface area contributed by atoms with Crippen LogP contribution in [0.2, 0.25) is 0 Å². The van der Waals surface area contributed by atoms with Gasteiger partial charge in [0.05, 0.1) is 6.10 Å². The summed E-state index contributed by atoms with van der Waals surface area (Å²) in [6, 6.07) is 9.15. The molecular formula is C16H28N2O. The van der Waals surface area contributed by atoms with Gasteiger partial charge in [-0.2, -0.15) is 0 Å². The van der Waals surface area contributed by atoms with Crippen molar-refractivity contribution >= 4 is 0 Å². The molecule has 0 saturated heterocycles. The number of aliphatic hydroxyl groups is 1. The third kappa shape index (κ3) is 7.31. The van der Waals surface area contributed by atoms with E-state index in [0.717, 1.165) is 25.8 Å². The summed E-state index contributed by atoms with van der Waals surface area (Å²) in [5, 5.41) is 16.3. The van der Waals surface area contributed by atoms with Gasteiger partial charge in [-0.05, 0) is 44.0 Å². The van der Waals surface area contributed by atoms with Crippen molar-refractivity contribution < 1.29 is 5.11 Å². The van der Waals surface area contributed by atoms with Crippen molar-refractivity contribution in [1.82, 2.24) is 10.6 Å². The van der Waals surface area contributed by atoms with E-state index in [-0.39, 0.29) is 6.10 Å². The van der Waals surface area contributed by atoms with Crippen molar-refractivity contribution in [2.75, 3.05) is 20.1 Å². The summed E-state index contributed by atoms with van der Waals surface area (Å²) >= 11 is 0. The molecular weight excluding hydrogens is 236 g/mol. The molecule has 19 heavy (non-hydrogen) atoms. The van der Waals surface area contributed by atoms with Crippen molar-refractivity contribution in [3.63, 3.8) is 0 Å². The fourth-order valence-corrected chi connectivity index (χ4v) is 1.95. The molecule has 1 aromatic rings. The molecule has 0 aliphatic heterocycles. The number of nitrogens with one attached hydrogen (secondary N) is 2. The number of hydrogen-bond acceptors (Lipinski definition) is 3. The van der Waals surface area contributed by atoms with E-state index in [2.05, 4.69) is 48.7 Å². The molecule has 0 aliphatic rings. The standard InChI is InChI=1S/C16H28N2O/c1-13(2)18-12-16(19)9-8-14-4-6-15(7-5-14)10-11-17-3/h4-7,13,16-19H,8-12H2,1-3H3. The SMILES string of the molecule is CNCCc1ccc(CCC(O)CNC(C)C)cc1. The van der Waals surface area contributed by atoms with Gasteiger partial charge in [-0.1, -0.05) is 38.1 Å². The predicted octanol–water partition coefficient (Wildman–Crippen LogP) is 1.74. The highest BCUT2D eigenvalue weighted by Crippen LogP contribution is 2.08. The van der Waals surface area contributed by atoms with Crippen LogP contribution in [-0.4, -0.2) is 37.4 Å². The van der Waals surface area contributed by atoms with Gasteiger partial charge >= 0.3 is 0 Å². The summed E-state index contributed by atoms with van der Waals surface area (Å²) in [6.45, 7) is 5.88. The van der Waals surface area contributed by atoms with Crippen LogP contribution in [0.5, 0.6) is 0 Å². The van der Waals surface area contributed by atoms with Gasteiger partial charge in [0, 0.05) is 12.6 Å². The third-order valence-corrected chi connectivity index (χ3v) is 3.21. The van der Waals surface area contributed by atoms with Crippen LogP contribution in [0.1, 0.15) is 31.4 Å². The molecule has 3 nitrogen and oxygen atoms in total. The molecule has 1 atom stereocenters. The number of aliphatic hydroxyl groups excluding tert-OH is 1. The lowest BCUT2D eigenvalue weighted by molar-refractivity contribution is 0.159. The highest BCUT2D eigenvalue weighted by atomic mass is 16.3. The van der Waals surface area contributed by atoms with Crippen molar-refractivity contribution in [1.29, 1.82) is 0 Å². The number of hydrogen-bond donors (Lipinski definition) is 3. The first-order chi connectivity index (χ1) is 9.11. The summed E-state index contributed by atoms with van der Waals surface area (Å²) in [5.74, 6) is 0. The van der Waals surface area contributed by atoms with Crippen LogP contribution >= 0.6 is 0 Å². The second-order valence-corrected chi connectivity index (χ2v) is 5.43. The second kappa shape index (κ2) is 9.08. The lowest BCUT2D eigenvalue weighted by Crippen LogP contribution is -2.32. The number of rotatable bonds is 9. The minimum Gasteiger partial charge on any atom is -0.392 e. The normalized spacial score (nSPS) is 12.9. The summed E-state index contributed by atoms with van der Waals surface area (Å²) in [4.78, 5) is 0. The fraction of sp³-hybridized carbons (Fsp3) is 0.625. The highest BCUT2D eigenvalue weighted by Gasteiger charge is 2.05. The van der Waals surface area contributed by atoms with Crippen molar-refractivity contribution in [3.8, 4) is 0 Å². The predicted molar refractivity (Wildman–Crippen MR) is 81.5 cm³/mol. The minimum atomic E-state index is -0.258. The summed E-state index contributed by atoms with van der Waals surface area (Å²) in [5.41, 5.74) is 2.66. The molecule has 108 valence electrons. The zero-order valence-electron chi connectivity index (χ0n) is 12.4. The molecule has 0 saturated carbocycles. The minimum absolute atomic E-state index is 0.258. The lowest BCUT2D eigenvalue weighted by Gasteiger charge is -2.14. The zero-order valence-corrected chi connectivity index (χ0v) is 12.4. The Kier molecular flexibility index (Phi) is 7.72. The fourth-order valence-electron chi connectivity index (χ4n) is 1.95. The second-order valence-electron chi connectivity index (χ2n) is 5.43. The van der Waals surface area contributed by atoms with E-state index in [1.807, 2.05) is 7.05 Å². The summed E-state index contributed by atoms with van der Waals surface area (Å²) in [7, 11) is 1.97. The molecule has 0 aromatic heterocycles. The molecule has 1 rings (SSSR count). The Labute approximate surface area is 117 Å². The molecule has 0 radical (unpaired) electrons. The van der Waals surface area contributed by atoms with E-state index in [0.29, 0.717) is 12.6 Å². The first kappa shape index (κ1) is 16.2. The highest BCUT2D eigenvalue weighted by molar-refractivity contribution is 5.22. The quantitative estimate of drug-likeness (QED) is 0.636. The number of benzene rings is 1. The van der Waals surface area contributed by atoms with Gasteiger partial charge in [-0.15, -0.1) is 0 Å². The Balaban J connectivity index is 2.29. The zero-order chi connectivity index (χ0) is 14.1. The van der Waals surface area contributed by atoms with E-state index < -0.39 is 0 Å². The first-order valence-electron chi connectivity index (χ1n) is 7.25. The monoisotopic (exact) mass is 264 g/mol. The number of likely N-dealkylation sites (N-methyl/N-ethyl adjacent to an activating group) is 1. The Morgan fingerprint density at radius 2 is 1.63 bits per heavy atom. The molecule has 1 unspecified atom stereocenters. The van der Waals surface area contributed by atoms with Gasteiger partial charge in [-0.25, -0.2) is 0 Å².